The molecular formula is C26H29ClN4O3. The maximum atomic E-state index is 13.6. The van der Waals surface area contributed by atoms with E-state index in [1.807, 2.05) is 54.6 Å². The average Bonchev–Trinajstić information content (AvgIpc) is 3.21. The fraction of sp³-hybridized carbons (Fsp3) is 0.346. The van der Waals surface area contributed by atoms with Crippen molar-refractivity contribution >= 4 is 23.6 Å². The lowest BCUT2D eigenvalue weighted by atomic mass is 9.99. The zero-order valence-corrected chi connectivity index (χ0v) is 20.4. The number of H-pyrrole nitrogens is 1. The van der Waals surface area contributed by atoms with Crippen molar-refractivity contribution < 1.29 is 14.3 Å². The number of benzene rings is 2. The summed E-state index contributed by atoms with van der Waals surface area (Å²) in [7, 11) is 0. The second-order valence-corrected chi connectivity index (χ2v) is 9.87. The minimum atomic E-state index is -0.746. The molecule has 0 saturated heterocycles. The van der Waals surface area contributed by atoms with Crippen molar-refractivity contribution in [3.8, 4) is 11.3 Å². The number of fused-ring (bicyclic) bond motifs is 1. The average molecular weight is 481 g/mol. The zero-order valence-electron chi connectivity index (χ0n) is 19.6. The van der Waals surface area contributed by atoms with Crippen molar-refractivity contribution in [2.45, 2.75) is 51.8 Å². The van der Waals surface area contributed by atoms with Crippen molar-refractivity contribution in [1.29, 1.82) is 0 Å². The van der Waals surface area contributed by atoms with Crippen LogP contribution in [-0.2, 0) is 28.9 Å². The predicted octanol–water partition coefficient (Wildman–Crippen LogP) is 4.75. The first kappa shape index (κ1) is 23.8. The highest BCUT2D eigenvalue weighted by Crippen LogP contribution is 2.29. The first-order valence-corrected chi connectivity index (χ1v) is 11.7. The standard InChI is InChI=1S/C26H29ClN4O3/c1-26(2,3)34-25(33)28-22(15-17-7-5-4-6-8-17)24(32)31-14-13-21-20(16-31)23(30-29-21)18-9-11-19(27)12-10-18/h4-12,22H,13-16H2,1-3H3,(H,28,33)(H,29,30). The number of carbonyl (C=O) groups excluding carboxylic acids is 2. The van der Waals surface area contributed by atoms with Crippen LogP contribution in [0.4, 0.5) is 4.79 Å². The van der Waals surface area contributed by atoms with Crippen LogP contribution in [0.2, 0.25) is 5.02 Å². The number of aromatic amines is 1. The van der Waals surface area contributed by atoms with Gasteiger partial charge in [-0.05, 0) is 38.5 Å². The number of nitrogens with zero attached hydrogens (tertiary/aromatic N) is 2. The summed E-state index contributed by atoms with van der Waals surface area (Å²) in [5.41, 5.74) is 4.05. The van der Waals surface area contributed by atoms with Gasteiger partial charge in [-0.2, -0.15) is 5.10 Å². The Kier molecular flexibility index (Phi) is 6.93. The van der Waals surface area contributed by atoms with Crippen LogP contribution >= 0.6 is 11.6 Å². The molecule has 2 heterocycles. The van der Waals surface area contributed by atoms with Crippen LogP contribution in [0.1, 0.15) is 37.6 Å². The Balaban J connectivity index is 1.55. The van der Waals surface area contributed by atoms with Crippen LogP contribution in [0.15, 0.2) is 54.6 Å². The van der Waals surface area contributed by atoms with E-state index in [4.69, 9.17) is 16.3 Å². The van der Waals surface area contributed by atoms with E-state index in [0.29, 0.717) is 31.0 Å². The highest BCUT2D eigenvalue weighted by Gasteiger charge is 2.32. The molecule has 7 nitrogen and oxygen atoms in total. The molecule has 2 aromatic carbocycles. The molecule has 0 aliphatic carbocycles. The van der Waals surface area contributed by atoms with E-state index < -0.39 is 17.7 Å². The van der Waals surface area contributed by atoms with E-state index in [9.17, 15) is 9.59 Å². The van der Waals surface area contributed by atoms with Crippen LogP contribution in [0.3, 0.4) is 0 Å². The predicted molar refractivity (Wildman–Crippen MR) is 131 cm³/mol. The molecule has 2 N–H and O–H groups in total. The van der Waals surface area contributed by atoms with Gasteiger partial charge in [-0.25, -0.2) is 4.79 Å². The quantitative estimate of drug-likeness (QED) is 0.551. The molecule has 2 amide bonds. The Morgan fingerprint density at radius 1 is 1.15 bits per heavy atom. The summed E-state index contributed by atoms with van der Waals surface area (Å²) in [4.78, 5) is 28.0. The molecule has 1 unspecified atom stereocenters. The number of halogens is 1. The fourth-order valence-corrected chi connectivity index (χ4v) is 4.18. The van der Waals surface area contributed by atoms with Gasteiger partial charge < -0.3 is 15.0 Å². The van der Waals surface area contributed by atoms with E-state index >= 15 is 0 Å². The van der Waals surface area contributed by atoms with Crippen LogP contribution in [-0.4, -0.2) is 45.3 Å². The molecule has 1 aromatic heterocycles. The topological polar surface area (TPSA) is 87.3 Å². The van der Waals surface area contributed by atoms with Crippen LogP contribution in [0.25, 0.3) is 11.3 Å². The van der Waals surface area contributed by atoms with Crippen molar-refractivity contribution in [2.24, 2.45) is 0 Å². The van der Waals surface area contributed by atoms with Gasteiger partial charge in [-0.1, -0.05) is 54.1 Å². The fourth-order valence-electron chi connectivity index (χ4n) is 4.05. The lowest BCUT2D eigenvalue weighted by Crippen LogP contribution is -2.51. The number of rotatable bonds is 5. The summed E-state index contributed by atoms with van der Waals surface area (Å²) < 4.78 is 5.43. The largest absolute Gasteiger partial charge is 0.444 e. The Bertz CT molecular complexity index is 1150. The molecule has 8 heteroatoms. The van der Waals surface area contributed by atoms with Gasteiger partial charge in [0.05, 0.1) is 5.69 Å². The summed E-state index contributed by atoms with van der Waals surface area (Å²) >= 11 is 6.04. The molecular weight excluding hydrogens is 452 g/mol. The number of alkyl carbamates (subject to hydrolysis) is 1. The van der Waals surface area contributed by atoms with Gasteiger partial charge >= 0.3 is 6.09 Å². The number of ether oxygens (including phenoxy) is 1. The molecule has 3 aromatic rings. The molecule has 1 aliphatic rings. The molecule has 1 aliphatic heterocycles. The number of hydrogen-bond donors (Lipinski definition) is 2. The van der Waals surface area contributed by atoms with Crippen LogP contribution < -0.4 is 5.32 Å². The van der Waals surface area contributed by atoms with Gasteiger partial charge in [0.2, 0.25) is 5.91 Å². The maximum absolute atomic E-state index is 13.6. The zero-order chi connectivity index (χ0) is 24.3. The highest BCUT2D eigenvalue weighted by molar-refractivity contribution is 6.30. The van der Waals surface area contributed by atoms with Crippen LogP contribution in [0, 0.1) is 0 Å². The summed E-state index contributed by atoms with van der Waals surface area (Å²) in [6, 6.07) is 16.4. The minimum Gasteiger partial charge on any atom is -0.444 e. The molecule has 178 valence electrons. The highest BCUT2D eigenvalue weighted by atomic mass is 35.5. The van der Waals surface area contributed by atoms with Gasteiger partial charge in [-0.3, -0.25) is 9.89 Å². The normalized spacial score (nSPS) is 14.3. The molecule has 1 atom stereocenters. The number of amides is 2. The number of nitrogens with one attached hydrogen (secondary N) is 2. The molecule has 0 radical (unpaired) electrons. The van der Waals surface area contributed by atoms with Crippen molar-refractivity contribution in [1.82, 2.24) is 20.4 Å². The van der Waals surface area contributed by atoms with Crippen molar-refractivity contribution in [3.05, 3.63) is 76.4 Å². The van der Waals surface area contributed by atoms with Gasteiger partial charge in [0.15, 0.2) is 0 Å². The first-order valence-electron chi connectivity index (χ1n) is 11.3. The first-order chi connectivity index (χ1) is 16.2. The maximum Gasteiger partial charge on any atom is 0.408 e. The lowest BCUT2D eigenvalue weighted by Gasteiger charge is -2.31. The van der Waals surface area contributed by atoms with Crippen molar-refractivity contribution in [3.63, 3.8) is 0 Å². The minimum absolute atomic E-state index is 0.149. The second kappa shape index (κ2) is 9.89. The Morgan fingerprint density at radius 3 is 2.53 bits per heavy atom. The Labute approximate surface area is 204 Å². The SMILES string of the molecule is CC(C)(C)OC(=O)NC(Cc1ccccc1)C(=O)N1CCc2[nH]nc(-c3ccc(Cl)cc3)c2C1. The number of carbonyl (C=O) groups is 2. The summed E-state index contributed by atoms with van der Waals surface area (Å²) in [6.07, 6.45) is 0.425. The van der Waals surface area contributed by atoms with Gasteiger partial charge in [0.25, 0.3) is 0 Å². The molecule has 0 bridgehead atoms. The van der Waals surface area contributed by atoms with Gasteiger partial charge in [-0.15, -0.1) is 0 Å². The smallest absolute Gasteiger partial charge is 0.408 e. The van der Waals surface area contributed by atoms with E-state index in [1.54, 1.807) is 25.7 Å². The monoisotopic (exact) mass is 480 g/mol. The van der Waals surface area contributed by atoms with E-state index in [1.165, 1.54) is 0 Å². The van der Waals surface area contributed by atoms with Gasteiger partial charge in [0.1, 0.15) is 11.6 Å². The Morgan fingerprint density at radius 2 is 1.85 bits per heavy atom. The number of hydrogen-bond acceptors (Lipinski definition) is 4. The third-order valence-corrected chi connectivity index (χ3v) is 5.89. The molecule has 4 rings (SSSR count). The van der Waals surface area contributed by atoms with Gasteiger partial charge in [0, 0.05) is 47.8 Å². The summed E-state index contributed by atoms with van der Waals surface area (Å²) in [5, 5.41) is 11.1. The molecule has 34 heavy (non-hydrogen) atoms. The number of aromatic nitrogens is 2. The van der Waals surface area contributed by atoms with E-state index in [2.05, 4.69) is 15.5 Å². The van der Waals surface area contributed by atoms with Crippen molar-refractivity contribution in [2.75, 3.05) is 6.54 Å². The van der Waals surface area contributed by atoms with Crippen LogP contribution in [0.5, 0.6) is 0 Å². The molecule has 0 saturated carbocycles. The third kappa shape index (κ3) is 5.78. The third-order valence-electron chi connectivity index (χ3n) is 5.63. The summed E-state index contributed by atoms with van der Waals surface area (Å²) in [5.74, 6) is -0.149. The summed E-state index contributed by atoms with van der Waals surface area (Å²) in [6.45, 7) is 6.33. The lowest BCUT2D eigenvalue weighted by molar-refractivity contribution is -0.134. The molecule has 0 spiro atoms. The van der Waals surface area contributed by atoms with E-state index in [0.717, 1.165) is 28.1 Å². The van der Waals surface area contributed by atoms with E-state index in [-0.39, 0.29) is 5.91 Å². The Hall–Kier alpha value is -3.32. The molecule has 0 fully saturated rings. The second-order valence-electron chi connectivity index (χ2n) is 9.43.